The van der Waals surface area contributed by atoms with E-state index in [1.807, 2.05) is 0 Å². The zero-order valence-corrected chi connectivity index (χ0v) is 9.13. The highest BCUT2D eigenvalue weighted by Crippen LogP contribution is 2.21. The Morgan fingerprint density at radius 2 is 2.07 bits per heavy atom. The summed E-state index contributed by atoms with van der Waals surface area (Å²) in [5.41, 5.74) is 8.58. The summed E-state index contributed by atoms with van der Waals surface area (Å²) in [4.78, 5) is 6.41. The molecule has 0 aromatic carbocycles. The van der Waals surface area contributed by atoms with E-state index in [2.05, 4.69) is 26.9 Å². The Kier molecular flexibility index (Phi) is 4.79. The summed E-state index contributed by atoms with van der Waals surface area (Å²) in [7, 11) is 0. The lowest BCUT2D eigenvalue weighted by molar-refractivity contribution is 1.01. The van der Waals surface area contributed by atoms with Crippen LogP contribution in [0.4, 0.5) is 0 Å². The zero-order valence-electron chi connectivity index (χ0n) is 7.61. The molecule has 0 fully saturated rings. The van der Waals surface area contributed by atoms with Crippen LogP contribution in [-0.2, 0) is 0 Å². The van der Waals surface area contributed by atoms with Crippen molar-refractivity contribution in [1.82, 2.24) is 4.98 Å². The number of rotatable bonds is 2. The van der Waals surface area contributed by atoms with Crippen molar-refractivity contribution in [2.24, 2.45) is 5.11 Å². The Hall–Kier alpha value is -1.40. The quantitative estimate of drug-likeness (QED) is 0.257. The highest BCUT2D eigenvalue weighted by atomic mass is 35.5. The third kappa shape index (κ3) is 3.69. The lowest BCUT2D eigenvalue weighted by Gasteiger charge is -1.96. The summed E-state index contributed by atoms with van der Waals surface area (Å²) in [5.74, 6) is 5.61. The second-order valence-corrected chi connectivity index (χ2v) is 3.30. The first-order chi connectivity index (χ1) is 7.25. The number of hydrogen-bond acceptors (Lipinski definition) is 2. The van der Waals surface area contributed by atoms with Crippen LogP contribution in [0.3, 0.4) is 0 Å². The van der Waals surface area contributed by atoms with Crippen molar-refractivity contribution < 1.29 is 0 Å². The predicted molar refractivity (Wildman–Crippen MR) is 59.8 cm³/mol. The molecule has 0 aliphatic heterocycles. The number of aromatic nitrogens is 1. The topological polar surface area (TPSA) is 61.7 Å². The van der Waals surface area contributed by atoms with Crippen molar-refractivity contribution in [2.75, 3.05) is 6.54 Å². The fraction of sp³-hybridized carbons (Fsp3) is 0.222. The van der Waals surface area contributed by atoms with E-state index in [0.717, 1.165) is 0 Å². The number of nitrogens with zero attached hydrogens (tertiary/aromatic N) is 4. The molecule has 4 nitrogen and oxygen atoms in total. The van der Waals surface area contributed by atoms with Gasteiger partial charge in [-0.1, -0.05) is 40.2 Å². The first-order valence-electron chi connectivity index (χ1n) is 4.04. The molecule has 0 amide bonds. The van der Waals surface area contributed by atoms with Crippen LogP contribution in [0.2, 0.25) is 10.0 Å². The molecular weight excluding hydrogens is 235 g/mol. The van der Waals surface area contributed by atoms with Crippen LogP contribution in [0.25, 0.3) is 10.4 Å². The minimum atomic E-state index is 0.337. The van der Waals surface area contributed by atoms with Crippen molar-refractivity contribution in [3.05, 3.63) is 38.4 Å². The van der Waals surface area contributed by atoms with Crippen LogP contribution in [0.1, 0.15) is 12.0 Å². The standard InChI is InChI=1S/C9H6Cl2N4/c10-8-5-13-6-9(11)7(8)3-1-2-4-14-15-12/h5-6H,2,4H2. The van der Waals surface area contributed by atoms with Gasteiger partial charge in [0.25, 0.3) is 0 Å². The second kappa shape index (κ2) is 6.15. The van der Waals surface area contributed by atoms with Crippen molar-refractivity contribution >= 4 is 23.2 Å². The van der Waals surface area contributed by atoms with Gasteiger partial charge in [0, 0.05) is 30.3 Å². The summed E-state index contributed by atoms with van der Waals surface area (Å²) in [6.45, 7) is 0.337. The van der Waals surface area contributed by atoms with Crippen molar-refractivity contribution in [3.63, 3.8) is 0 Å². The van der Waals surface area contributed by atoms with Crippen LogP contribution in [-0.4, -0.2) is 11.5 Å². The molecule has 1 aromatic heterocycles. The molecule has 1 heterocycles. The molecule has 0 atom stereocenters. The summed E-state index contributed by atoms with van der Waals surface area (Å²) < 4.78 is 0. The number of azide groups is 1. The Bertz CT molecular complexity index is 435. The maximum absolute atomic E-state index is 8.03. The number of hydrogen-bond donors (Lipinski definition) is 0. The van der Waals surface area contributed by atoms with E-state index < -0.39 is 0 Å². The monoisotopic (exact) mass is 240 g/mol. The van der Waals surface area contributed by atoms with Gasteiger partial charge in [-0.3, -0.25) is 4.98 Å². The van der Waals surface area contributed by atoms with Gasteiger partial charge in [0.1, 0.15) is 0 Å². The van der Waals surface area contributed by atoms with Gasteiger partial charge in [-0.25, -0.2) is 0 Å². The Morgan fingerprint density at radius 1 is 1.40 bits per heavy atom. The average molecular weight is 241 g/mol. The van der Waals surface area contributed by atoms with Crippen LogP contribution in [0, 0.1) is 11.8 Å². The van der Waals surface area contributed by atoms with Crippen molar-refractivity contribution in [2.45, 2.75) is 6.42 Å². The number of pyridine rings is 1. The molecule has 6 heteroatoms. The molecule has 0 saturated carbocycles. The summed E-state index contributed by atoms with van der Waals surface area (Å²) >= 11 is 11.7. The highest BCUT2D eigenvalue weighted by Gasteiger charge is 2.01. The molecule has 76 valence electrons. The van der Waals surface area contributed by atoms with Gasteiger partial charge < -0.3 is 0 Å². The summed E-state index contributed by atoms with van der Waals surface area (Å²) in [6, 6.07) is 0. The average Bonchev–Trinajstić information content (AvgIpc) is 2.21. The van der Waals surface area contributed by atoms with E-state index in [1.54, 1.807) is 0 Å². The Labute approximate surface area is 96.9 Å². The molecule has 0 aliphatic rings. The fourth-order valence-corrected chi connectivity index (χ4v) is 1.29. The predicted octanol–water partition coefficient (Wildman–Crippen LogP) is 3.44. The van der Waals surface area contributed by atoms with Crippen molar-refractivity contribution in [3.8, 4) is 11.8 Å². The Balaban J connectivity index is 2.75. The zero-order chi connectivity index (χ0) is 11.1. The van der Waals surface area contributed by atoms with Crippen LogP contribution < -0.4 is 0 Å². The first-order valence-corrected chi connectivity index (χ1v) is 4.80. The van der Waals surface area contributed by atoms with E-state index in [9.17, 15) is 0 Å². The SMILES string of the molecule is [N-]=[N+]=NCCC#Cc1c(Cl)cncc1Cl. The molecule has 1 rings (SSSR count). The van der Waals surface area contributed by atoms with Gasteiger partial charge in [0.05, 0.1) is 15.6 Å². The molecule has 0 N–H and O–H groups in total. The largest absolute Gasteiger partial charge is 0.262 e. The van der Waals surface area contributed by atoms with Crippen LogP contribution in [0.5, 0.6) is 0 Å². The van der Waals surface area contributed by atoms with Gasteiger partial charge in [-0.15, -0.1) is 0 Å². The highest BCUT2D eigenvalue weighted by molar-refractivity contribution is 6.36. The van der Waals surface area contributed by atoms with Gasteiger partial charge in [0.15, 0.2) is 0 Å². The number of halogens is 2. The molecule has 0 bridgehead atoms. The van der Waals surface area contributed by atoms with E-state index in [4.69, 9.17) is 28.7 Å². The van der Waals surface area contributed by atoms with Gasteiger partial charge in [-0.2, -0.15) is 0 Å². The molecule has 0 spiro atoms. The van der Waals surface area contributed by atoms with E-state index in [-0.39, 0.29) is 0 Å². The second-order valence-electron chi connectivity index (χ2n) is 2.48. The minimum absolute atomic E-state index is 0.337. The lowest BCUT2D eigenvalue weighted by atomic mass is 10.2. The van der Waals surface area contributed by atoms with E-state index in [0.29, 0.717) is 28.6 Å². The summed E-state index contributed by atoms with van der Waals surface area (Å²) in [5, 5.41) is 4.18. The molecule has 0 unspecified atom stereocenters. The fourth-order valence-electron chi connectivity index (χ4n) is 0.832. The smallest absolute Gasteiger partial charge is 0.0760 e. The third-order valence-electron chi connectivity index (χ3n) is 1.47. The molecule has 0 saturated heterocycles. The molecular formula is C9H6Cl2N4. The van der Waals surface area contributed by atoms with E-state index >= 15 is 0 Å². The first kappa shape index (κ1) is 11.7. The van der Waals surface area contributed by atoms with Crippen LogP contribution in [0.15, 0.2) is 17.5 Å². The van der Waals surface area contributed by atoms with E-state index in [1.165, 1.54) is 12.4 Å². The van der Waals surface area contributed by atoms with Gasteiger partial charge in [-0.05, 0) is 5.53 Å². The molecule has 0 aliphatic carbocycles. The lowest BCUT2D eigenvalue weighted by Crippen LogP contribution is -1.82. The molecule has 15 heavy (non-hydrogen) atoms. The maximum atomic E-state index is 8.03. The van der Waals surface area contributed by atoms with Gasteiger partial charge >= 0.3 is 0 Å². The molecule has 1 aromatic rings. The summed E-state index contributed by atoms with van der Waals surface area (Å²) in [6.07, 6.45) is 3.43. The normalized spacial score (nSPS) is 8.67. The minimum Gasteiger partial charge on any atom is -0.262 e. The van der Waals surface area contributed by atoms with Gasteiger partial charge in [0.2, 0.25) is 0 Å². The van der Waals surface area contributed by atoms with Crippen LogP contribution >= 0.6 is 23.2 Å². The maximum Gasteiger partial charge on any atom is 0.0760 e. The molecule has 0 radical (unpaired) electrons. The Morgan fingerprint density at radius 3 is 2.67 bits per heavy atom. The third-order valence-corrected chi connectivity index (χ3v) is 2.04. The van der Waals surface area contributed by atoms with Crippen molar-refractivity contribution in [1.29, 1.82) is 0 Å².